The molecule has 3 fully saturated rings. The van der Waals surface area contributed by atoms with Gasteiger partial charge in [-0.05, 0) is 49.3 Å². The summed E-state index contributed by atoms with van der Waals surface area (Å²) in [5.41, 5.74) is 1.25. The Morgan fingerprint density at radius 3 is 2.17 bits per heavy atom. The molecule has 202 valence electrons. The van der Waals surface area contributed by atoms with Crippen LogP contribution in [0, 0.1) is 5.92 Å². The number of benzene rings is 1. The summed E-state index contributed by atoms with van der Waals surface area (Å²) in [7, 11) is 0. The number of halogens is 2. The third kappa shape index (κ3) is 7.41. The average molecular weight is 537 g/mol. The molecule has 4 rings (SSSR count). The molecule has 0 spiro atoms. The minimum absolute atomic E-state index is 0.000542. The Balaban J connectivity index is 1.13. The maximum atomic E-state index is 12.8. The van der Waals surface area contributed by atoms with Gasteiger partial charge in [0, 0.05) is 31.0 Å². The number of carbonyl (C=O) groups excluding carboxylic acids is 1. The second kappa shape index (κ2) is 14.4. The van der Waals surface area contributed by atoms with Gasteiger partial charge in [0.25, 0.3) is 0 Å². The van der Waals surface area contributed by atoms with Crippen LogP contribution in [-0.2, 0) is 9.53 Å². The van der Waals surface area contributed by atoms with E-state index < -0.39 is 0 Å². The van der Waals surface area contributed by atoms with Crippen molar-refractivity contribution < 1.29 is 9.53 Å². The van der Waals surface area contributed by atoms with Crippen molar-refractivity contribution in [2.75, 3.05) is 6.54 Å². The largest absolute Gasteiger partial charge is 0.461 e. The zero-order valence-corrected chi connectivity index (χ0v) is 23.9. The number of hydrogen-bond acceptors (Lipinski definition) is 3. The fraction of sp³-hybridized carbons (Fsp3) is 0.774. The minimum Gasteiger partial charge on any atom is -0.461 e. The Morgan fingerprint density at radius 1 is 0.889 bits per heavy atom. The summed E-state index contributed by atoms with van der Waals surface area (Å²) >= 11 is 12.5. The molecule has 0 amide bonds. The Bertz CT molecular complexity index is 831. The molecular weight excluding hydrogens is 489 g/mol. The first kappa shape index (κ1) is 28.2. The lowest BCUT2D eigenvalue weighted by Gasteiger charge is -2.37. The van der Waals surface area contributed by atoms with E-state index in [1.807, 2.05) is 12.1 Å². The first-order chi connectivity index (χ1) is 17.6. The number of ether oxygens (including phenoxy) is 1. The normalized spacial score (nSPS) is 28.5. The number of unbranched alkanes of at least 4 members (excludes halogenated alkanes) is 12. The first-order valence-corrected chi connectivity index (χ1v) is 15.7. The van der Waals surface area contributed by atoms with Gasteiger partial charge in [0.15, 0.2) is 0 Å². The Kier molecular flexibility index (Phi) is 11.3. The lowest BCUT2D eigenvalue weighted by Crippen LogP contribution is -2.41. The molecule has 3 saturated heterocycles. The van der Waals surface area contributed by atoms with Gasteiger partial charge in [0.2, 0.25) is 0 Å². The molecule has 0 radical (unpaired) electrons. The van der Waals surface area contributed by atoms with Gasteiger partial charge in [-0.1, -0.05) is 113 Å². The standard InChI is InChI=1S/C31H47Cl2NO2/c1-2-3-4-5-6-7-8-9-10-11-12-13-14-15-30(35)36-29-22-34-24-17-19-28(34)31(29)25(21-24)23-16-18-26(32)27(33)20-23/h16,18,20,24-25,28-29,31H,2-15,17,19,21-22H2,1H3. The number of nitrogens with zero attached hydrogens (tertiary/aromatic N) is 1. The highest BCUT2D eigenvalue weighted by Crippen LogP contribution is 2.53. The fourth-order valence-corrected chi connectivity index (χ4v) is 7.51. The van der Waals surface area contributed by atoms with Crippen LogP contribution in [0.1, 0.15) is 128 Å². The van der Waals surface area contributed by atoms with Crippen molar-refractivity contribution in [3.8, 4) is 0 Å². The summed E-state index contributed by atoms with van der Waals surface area (Å²) in [6, 6.07) is 7.22. The summed E-state index contributed by atoms with van der Waals surface area (Å²) in [5, 5.41) is 1.23. The maximum Gasteiger partial charge on any atom is 0.306 e. The number of rotatable bonds is 16. The van der Waals surface area contributed by atoms with Crippen molar-refractivity contribution >= 4 is 29.2 Å². The molecule has 3 heterocycles. The highest BCUT2D eigenvalue weighted by molar-refractivity contribution is 6.42. The molecule has 0 aliphatic carbocycles. The molecule has 5 heteroatoms. The van der Waals surface area contributed by atoms with Gasteiger partial charge in [0.1, 0.15) is 6.10 Å². The van der Waals surface area contributed by atoms with E-state index in [1.54, 1.807) is 0 Å². The van der Waals surface area contributed by atoms with Crippen LogP contribution in [0.5, 0.6) is 0 Å². The number of esters is 1. The van der Waals surface area contributed by atoms with Crippen molar-refractivity contribution in [3.63, 3.8) is 0 Å². The summed E-state index contributed by atoms with van der Waals surface area (Å²) in [5.74, 6) is 0.766. The van der Waals surface area contributed by atoms with Gasteiger partial charge < -0.3 is 4.74 Å². The number of piperidine rings is 1. The van der Waals surface area contributed by atoms with E-state index >= 15 is 0 Å². The van der Waals surface area contributed by atoms with Crippen LogP contribution in [0.3, 0.4) is 0 Å². The van der Waals surface area contributed by atoms with Crippen LogP contribution in [0.2, 0.25) is 10.0 Å². The minimum atomic E-state index is 0.000542. The second-order valence-electron chi connectivity index (χ2n) is 11.6. The van der Waals surface area contributed by atoms with E-state index in [-0.39, 0.29) is 12.1 Å². The third-order valence-corrected chi connectivity index (χ3v) is 9.82. The molecule has 0 aromatic heterocycles. The zero-order valence-electron chi connectivity index (χ0n) is 22.4. The molecule has 6 atom stereocenters. The molecule has 36 heavy (non-hydrogen) atoms. The molecule has 6 unspecified atom stereocenters. The Morgan fingerprint density at radius 2 is 1.53 bits per heavy atom. The lowest BCUT2D eigenvalue weighted by atomic mass is 9.76. The molecular formula is C31H47Cl2NO2. The monoisotopic (exact) mass is 535 g/mol. The van der Waals surface area contributed by atoms with E-state index in [1.165, 1.54) is 89.0 Å². The highest BCUT2D eigenvalue weighted by atomic mass is 35.5. The number of carbonyl (C=O) groups is 1. The van der Waals surface area contributed by atoms with Crippen LogP contribution in [0.25, 0.3) is 0 Å². The average Bonchev–Trinajstić information content (AvgIpc) is 3.28. The van der Waals surface area contributed by atoms with Crippen LogP contribution in [-0.4, -0.2) is 35.6 Å². The molecule has 3 aliphatic rings. The molecule has 0 saturated carbocycles. The quantitative estimate of drug-likeness (QED) is 0.156. The van der Waals surface area contributed by atoms with E-state index in [9.17, 15) is 4.79 Å². The SMILES string of the molecule is CCCCCCCCCCCCCCCC(=O)OC1CN2C3CCC2C1C(c1ccc(Cl)c(Cl)c1)C3. The van der Waals surface area contributed by atoms with Gasteiger partial charge in [-0.15, -0.1) is 0 Å². The second-order valence-corrected chi connectivity index (χ2v) is 12.4. The molecule has 1 aromatic carbocycles. The summed E-state index contributed by atoms with van der Waals surface area (Å²) in [4.78, 5) is 15.4. The van der Waals surface area contributed by atoms with Crippen LogP contribution in [0.15, 0.2) is 18.2 Å². The van der Waals surface area contributed by atoms with Crippen LogP contribution >= 0.6 is 23.2 Å². The molecule has 1 aromatic rings. The highest BCUT2D eigenvalue weighted by Gasteiger charge is 2.56. The van der Waals surface area contributed by atoms with E-state index in [4.69, 9.17) is 27.9 Å². The zero-order chi connectivity index (χ0) is 25.3. The molecule has 3 nitrogen and oxygen atoms in total. The first-order valence-electron chi connectivity index (χ1n) is 15.0. The van der Waals surface area contributed by atoms with E-state index in [0.29, 0.717) is 40.4 Å². The maximum absolute atomic E-state index is 12.8. The molecule has 4 bridgehead atoms. The Hall–Kier alpha value is -0.770. The predicted octanol–water partition coefficient (Wildman–Crippen LogP) is 9.34. The number of hydrogen-bond donors (Lipinski definition) is 0. The van der Waals surface area contributed by atoms with E-state index in [0.717, 1.165) is 25.8 Å². The topological polar surface area (TPSA) is 29.5 Å². The summed E-state index contributed by atoms with van der Waals surface area (Å²) in [6.45, 7) is 3.18. The smallest absolute Gasteiger partial charge is 0.306 e. The van der Waals surface area contributed by atoms with Gasteiger partial charge in [-0.3, -0.25) is 9.69 Å². The van der Waals surface area contributed by atoms with Gasteiger partial charge in [-0.2, -0.15) is 0 Å². The summed E-state index contributed by atoms with van der Waals surface area (Å²) in [6.07, 6.45) is 21.3. The van der Waals surface area contributed by atoms with Crippen LogP contribution in [0.4, 0.5) is 0 Å². The lowest BCUT2D eigenvalue weighted by molar-refractivity contribution is -0.150. The van der Waals surface area contributed by atoms with Crippen molar-refractivity contribution in [2.24, 2.45) is 5.92 Å². The fourth-order valence-electron chi connectivity index (χ4n) is 7.20. The van der Waals surface area contributed by atoms with Crippen molar-refractivity contribution in [1.82, 2.24) is 4.90 Å². The third-order valence-electron chi connectivity index (χ3n) is 9.08. The van der Waals surface area contributed by atoms with Crippen LogP contribution < -0.4 is 0 Å². The van der Waals surface area contributed by atoms with Gasteiger partial charge in [0.05, 0.1) is 10.0 Å². The predicted molar refractivity (Wildman–Crippen MR) is 151 cm³/mol. The molecule has 3 aliphatic heterocycles. The Labute approximate surface area is 229 Å². The van der Waals surface area contributed by atoms with Gasteiger partial charge in [-0.25, -0.2) is 0 Å². The van der Waals surface area contributed by atoms with E-state index in [2.05, 4.69) is 17.9 Å². The van der Waals surface area contributed by atoms with Crippen molar-refractivity contribution in [2.45, 2.75) is 140 Å². The summed E-state index contributed by atoms with van der Waals surface area (Å²) < 4.78 is 6.15. The van der Waals surface area contributed by atoms with Gasteiger partial charge >= 0.3 is 5.97 Å². The van der Waals surface area contributed by atoms with Crippen molar-refractivity contribution in [1.29, 1.82) is 0 Å². The van der Waals surface area contributed by atoms with Crippen molar-refractivity contribution in [3.05, 3.63) is 33.8 Å². The molecule has 0 N–H and O–H groups in total.